The van der Waals surface area contributed by atoms with Crippen molar-refractivity contribution in [1.82, 2.24) is 0 Å². The molecule has 5 heteroatoms. The molecule has 3 nitrogen and oxygen atoms in total. The molecule has 2 N–H and O–H groups in total. The van der Waals surface area contributed by atoms with E-state index in [0.29, 0.717) is 28.0 Å². The molecule has 0 aliphatic carbocycles. The molecule has 2 rings (SSSR count). The van der Waals surface area contributed by atoms with Gasteiger partial charge in [-0.05, 0) is 35.9 Å². The van der Waals surface area contributed by atoms with Crippen molar-refractivity contribution in [2.75, 3.05) is 0 Å². The number of nitrogens with two attached hydrogens (primary N) is 1. The second-order valence-electron chi connectivity index (χ2n) is 3.92. The molecule has 1 amide bonds. The number of ether oxygens (including phenoxy) is 1. The molecule has 0 aliphatic rings. The Balaban J connectivity index is 2.04. The van der Waals surface area contributed by atoms with E-state index < -0.39 is 5.91 Å². The van der Waals surface area contributed by atoms with Crippen LogP contribution in [0.25, 0.3) is 0 Å². The molecule has 0 radical (unpaired) electrons. The normalized spacial score (nSPS) is 10.2. The summed E-state index contributed by atoms with van der Waals surface area (Å²) in [5, 5.41) is 1.02. The van der Waals surface area contributed by atoms with Crippen molar-refractivity contribution in [3.05, 3.63) is 63.6 Å². The molecule has 0 atom stereocenters. The molecule has 0 bridgehead atoms. The van der Waals surface area contributed by atoms with Crippen LogP contribution in [-0.2, 0) is 6.61 Å². The van der Waals surface area contributed by atoms with E-state index in [-0.39, 0.29) is 0 Å². The summed E-state index contributed by atoms with van der Waals surface area (Å²) in [4.78, 5) is 10.9. The zero-order valence-corrected chi connectivity index (χ0v) is 11.4. The highest BCUT2D eigenvalue weighted by Crippen LogP contribution is 2.28. The smallest absolute Gasteiger partial charge is 0.248 e. The van der Waals surface area contributed by atoms with Gasteiger partial charge in [-0.2, -0.15) is 0 Å². The number of hydrogen-bond donors (Lipinski definition) is 1. The van der Waals surface area contributed by atoms with Crippen molar-refractivity contribution in [3.8, 4) is 5.75 Å². The first-order valence-corrected chi connectivity index (χ1v) is 6.28. The third-order valence-corrected chi connectivity index (χ3v) is 3.06. The summed E-state index contributed by atoms with van der Waals surface area (Å²) in [6.45, 7) is 0.348. The maximum atomic E-state index is 10.9. The molecule has 0 unspecified atom stereocenters. The first kappa shape index (κ1) is 13.7. The van der Waals surface area contributed by atoms with E-state index in [2.05, 4.69) is 0 Å². The molecule has 2 aromatic carbocycles. The van der Waals surface area contributed by atoms with Gasteiger partial charge >= 0.3 is 0 Å². The minimum atomic E-state index is -0.451. The Bertz CT molecular complexity index is 597. The van der Waals surface area contributed by atoms with Crippen molar-refractivity contribution in [3.63, 3.8) is 0 Å². The first-order chi connectivity index (χ1) is 9.06. The van der Waals surface area contributed by atoms with Crippen molar-refractivity contribution in [1.29, 1.82) is 0 Å². The van der Waals surface area contributed by atoms with E-state index in [4.69, 9.17) is 33.7 Å². The summed E-state index contributed by atoms with van der Waals surface area (Å²) < 4.78 is 5.57. The van der Waals surface area contributed by atoms with E-state index in [1.54, 1.807) is 42.5 Å². The molecule has 19 heavy (non-hydrogen) atoms. The standard InChI is InChI=1S/C14H11Cl2NO2/c15-11-5-6-13(12(16)7-11)19-8-9-1-3-10(4-2-9)14(17)18/h1-7H,8H2,(H2,17,18). The van der Waals surface area contributed by atoms with Gasteiger partial charge in [-0.25, -0.2) is 0 Å². The summed E-state index contributed by atoms with van der Waals surface area (Å²) in [6, 6.07) is 11.9. The van der Waals surface area contributed by atoms with E-state index in [0.717, 1.165) is 5.56 Å². The Morgan fingerprint density at radius 3 is 2.37 bits per heavy atom. The first-order valence-electron chi connectivity index (χ1n) is 5.53. The van der Waals surface area contributed by atoms with Crippen LogP contribution >= 0.6 is 23.2 Å². The average Bonchev–Trinajstić information content (AvgIpc) is 2.38. The number of carbonyl (C=O) groups is 1. The lowest BCUT2D eigenvalue weighted by Crippen LogP contribution is -2.10. The highest BCUT2D eigenvalue weighted by molar-refractivity contribution is 6.35. The fraction of sp³-hybridized carbons (Fsp3) is 0.0714. The Kier molecular flexibility index (Phi) is 4.30. The lowest BCUT2D eigenvalue weighted by atomic mass is 10.1. The van der Waals surface area contributed by atoms with E-state index in [1.807, 2.05) is 0 Å². The second-order valence-corrected chi connectivity index (χ2v) is 4.77. The molecule has 0 saturated heterocycles. The fourth-order valence-electron chi connectivity index (χ4n) is 1.52. The topological polar surface area (TPSA) is 52.3 Å². The Morgan fingerprint density at radius 1 is 1.11 bits per heavy atom. The molecule has 0 spiro atoms. The molecular formula is C14H11Cl2NO2. The number of benzene rings is 2. The summed E-state index contributed by atoms with van der Waals surface area (Å²) >= 11 is 11.8. The lowest BCUT2D eigenvalue weighted by molar-refractivity contribution is 0.1000. The van der Waals surface area contributed by atoms with Crippen LogP contribution in [0.3, 0.4) is 0 Å². The van der Waals surface area contributed by atoms with Gasteiger partial charge in [-0.3, -0.25) is 4.79 Å². The van der Waals surface area contributed by atoms with Gasteiger partial charge in [0.15, 0.2) is 0 Å². The predicted octanol–water partition coefficient (Wildman–Crippen LogP) is 3.67. The largest absolute Gasteiger partial charge is 0.487 e. The van der Waals surface area contributed by atoms with Crippen LogP contribution in [-0.4, -0.2) is 5.91 Å². The van der Waals surface area contributed by atoms with Gasteiger partial charge in [0.1, 0.15) is 12.4 Å². The second kappa shape index (κ2) is 5.95. The average molecular weight is 296 g/mol. The molecule has 0 aliphatic heterocycles. The van der Waals surface area contributed by atoms with Gasteiger partial charge in [0.2, 0.25) is 5.91 Å². The number of rotatable bonds is 4. The van der Waals surface area contributed by atoms with E-state index in [1.165, 1.54) is 0 Å². The third-order valence-electron chi connectivity index (χ3n) is 2.53. The quantitative estimate of drug-likeness (QED) is 0.935. The van der Waals surface area contributed by atoms with Crippen LogP contribution in [0.2, 0.25) is 10.0 Å². The van der Waals surface area contributed by atoms with Crippen LogP contribution < -0.4 is 10.5 Å². The predicted molar refractivity (Wildman–Crippen MR) is 75.8 cm³/mol. The third kappa shape index (κ3) is 3.63. The van der Waals surface area contributed by atoms with Gasteiger partial charge < -0.3 is 10.5 Å². The summed E-state index contributed by atoms with van der Waals surface area (Å²) in [5.74, 6) is 0.109. The number of halogens is 2. The highest BCUT2D eigenvalue weighted by Gasteiger charge is 2.04. The number of carbonyl (C=O) groups excluding carboxylic acids is 1. The number of amides is 1. The Labute approximate surface area is 120 Å². The van der Waals surface area contributed by atoms with Gasteiger partial charge in [0.05, 0.1) is 5.02 Å². The van der Waals surface area contributed by atoms with Gasteiger partial charge in [-0.1, -0.05) is 35.3 Å². The molecule has 0 saturated carbocycles. The summed E-state index contributed by atoms with van der Waals surface area (Å²) in [5.41, 5.74) is 6.54. The van der Waals surface area contributed by atoms with E-state index in [9.17, 15) is 4.79 Å². The number of primary amides is 1. The zero-order chi connectivity index (χ0) is 13.8. The minimum absolute atomic E-state index is 0.348. The Hall–Kier alpha value is -1.71. The van der Waals surface area contributed by atoms with Crippen LogP contribution in [0.15, 0.2) is 42.5 Å². The number of hydrogen-bond acceptors (Lipinski definition) is 2. The van der Waals surface area contributed by atoms with Crippen molar-refractivity contribution in [2.45, 2.75) is 6.61 Å². The SMILES string of the molecule is NC(=O)c1ccc(COc2ccc(Cl)cc2Cl)cc1. The van der Waals surface area contributed by atoms with Gasteiger partial charge in [0, 0.05) is 10.6 Å². The van der Waals surface area contributed by atoms with Crippen LogP contribution in [0.1, 0.15) is 15.9 Å². The summed E-state index contributed by atoms with van der Waals surface area (Å²) in [7, 11) is 0. The lowest BCUT2D eigenvalue weighted by Gasteiger charge is -2.08. The van der Waals surface area contributed by atoms with E-state index >= 15 is 0 Å². The monoisotopic (exact) mass is 295 g/mol. The fourth-order valence-corrected chi connectivity index (χ4v) is 1.98. The maximum Gasteiger partial charge on any atom is 0.248 e. The minimum Gasteiger partial charge on any atom is -0.487 e. The van der Waals surface area contributed by atoms with Crippen LogP contribution in [0, 0.1) is 0 Å². The van der Waals surface area contributed by atoms with Crippen molar-refractivity contribution < 1.29 is 9.53 Å². The van der Waals surface area contributed by atoms with Crippen LogP contribution in [0.5, 0.6) is 5.75 Å². The van der Waals surface area contributed by atoms with Crippen molar-refractivity contribution >= 4 is 29.1 Å². The van der Waals surface area contributed by atoms with Crippen LogP contribution in [0.4, 0.5) is 0 Å². The van der Waals surface area contributed by atoms with Crippen molar-refractivity contribution in [2.24, 2.45) is 5.73 Å². The molecular weight excluding hydrogens is 285 g/mol. The molecule has 98 valence electrons. The molecule has 0 aromatic heterocycles. The van der Waals surface area contributed by atoms with Gasteiger partial charge in [-0.15, -0.1) is 0 Å². The molecule has 2 aromatic rings. The molecule has 0 fully saturated rings. The molecule has 0 heterocycles. The zero-order valence-electron chi connectivity index (χ0n) is 9.90. The Morgan fingerprint density at radius 2 is 1.79 bits per heavy atom. The van der Waals surface area contributed by atoms with Gasteiger partial charge in [0.25, 0.3) is 0 Å². The summed E-state index contributed by atoms with van der Waals surface area (Å²) in [6.07, 6.45) is 0. The maximum absolute atomic E-state index is 10.9. The highest BCUT2D eigenvalue weighted by atomic mass is 35.5.